The van der Waals surface area contributed by atoms with E-state index in [4.69, 9.17) is 18.9 Å². The molecular weight excluding hydrogens is 508 g/mol. The maximum absolute atomic E-state index is 14.2. The molecule has 0 spiro atoms. The molecular formula is C32H36N2O6. The van der Waals surface area contributed by atoms with Gasteiger partial charge in [0.2, 0.25) is 25.4 Å². The molecule has 4 atom stereocenters. The van der Waals surface area contributed by atoms with Gasteiger partial charge in [0.05, 0.1) is 11.8 Å². The topological polar surface area (TPSA) is 77.5 Å². The molecule has 7 rings (SSSR count). The monoisotopic (exact) mass is 544 g/mol. The van der Waals surface area contributed by atoms with Crippen LogP contribution >= 0.6 is 0 Å². The predicted molar refractivity (Wildman–Crippen MR) is 148 cm³/mol. The highest BCUT2D eigenvalue weighted by atomic mass is 16.7. The van der Waals surface area contributed by atoms with Gasteiger partial charge < -0.3 is 28.7 Å². The van der Waals surface area contributed by atoms with Crippen molar-refractivity contribution in [2.24, 2.45) is 17.8 Å². The Balaban J connectivity index is 1.26. The summed E-state index contributed by atoms with van der Waals surface area (Å²) in [7, 11) is 0. The van der Waals surface area contributed by atoms with Crippen molar-refractivity contribution in [1.82, 2.24) is 9.80 Å². The number of nitrogens with zero attached hydrogens (tertiary/aromatic N) is 2. The Morgan fingerprint density at radius 2 is 1.20 bits per heavy atom. The first kappa shape index (κ1) is 25.3. The van der Waals surface area contributed by atoms with Crippen LogP contribution in [0.15, 0.2) is 42.5 Å². The highest BCUT2D eigenvalue weighted by Gasteiger charge is 2.58. The average Bonchev–Trinajstić information content (AvgIpc) is 3.66. The van der Waals surface area contributed by atoms with Crippen molar-refractivity contribution in [1.29, 1.82) is 0 Å². The molecule has 8 nitrogen and oxygen atoms in total. The summed E-state index contributed by atoms with van der Waals surface area (Å²) in [5.74, 6) is 2.06. The van der Waals surface area contributed by atoms with E-state index < -0.39 is 11.8 Å². The Hall–Kier alpha value is -3.68. The molecule has 0 aromatic heterocycles. The van der Waals surface area contributed by atoms with Gasteiger partial charge in [-0.1, -0.05) is 24.3 Å². The highest BCUT2D eigenvalue weighted by molar-refractivity contribution is 5.92. The van der Waals surface area contributed by atoms with Crippen molar-refractivity contribution in [2.75, 3.05) is 39.8 Å². The lowest BCUT2D eigenvalue weighted by molar-refractivity contribution is -0.159. The number of ether oxygens (including phenoxy) is 4. The van der Waals surface area contributed by atoms with Crippen LogP contribution in [0.5, 0.6) is 23.0 Å². The molecule has 40 heavy (non-hydrogen) atoms. The van der Waals surface area contributed by atoms with E-state index >= 15 is 0 Å². The lowest BCUT2D eigenvalue weighted by Gasteiger charge is -2.52. The molecule has 1 saturated carbocycles. The van der Waals surface area contributed by atoms with E-state index in [0.717, 1.165) is 93.1 Å². The van der Waals surface area contributed by atoms with E-state index in [1.807, 2.05) is 46.2 Å². The summed E-state index contributed by atoms with van der Waals surface area (Å²) < 4.78 is 22.3. The number of fused-ring (bicyclic) bond motifs is 2. The van der Waals surface area contributed by atoms with Crippen LogP contribution in [0.25, 0.3) is 6.08 Å². The van der Waals surface area contributed by atoms with Crippen molar-refractivity contribution >= 4 is 17.9 Å². The molecule has 3 fully saturated rings. The van der Waals surface area contributed by atoms with Crippen LogP contribution in [0, 0.1) is 17.8 Å². The fourth-order valence-corrected chi connectivity index (χ4v) is 7.08. The lowest BCUT2D eigenvalue weighted by Crippen LogP contribution is -2.59. The van der Waals surface area contributed by atoms with E-state index in [1.165, 1.54) is 0 Å². The molecule has 0 N–H and O–H groups in total. The number of hydrogen-bond donors (Lipinski definition) is 0. The zero-order valence-corrected chi connectivity index (χ0v) is 22.8. The molecule has 0 bridgehead atoms. The number of allylic oxidation sites excluding steroid dienone is 1. The van der Waals surface area contributed by atoms with Crippen molar-refractivity contribution in [3.05, 3.63) is 53.6 Å². The quantitative estimate of drug-likeness (QED) is 0.537. The standard InChI is InChI=1S/C32H36N2O6/c35-31(33-13-3-1-4-14-33)29-23(10-7-21-8-11-24-26(17-21)39-19-37-24)28(22-9-12-25-27(18-22)40-20-38-25)30(29)32(36)34-15-5-2-6-16-34/h7-12,17-18,23,28-30H,1-6,13-16,19-20H2. The van der Waals surface area contributed by atoms with Crippen LogP contribution in [-0.2, 0) is 9.59 Å². The van der Waals surface area contributed by atoms with Crippen LogP contribution < -0.4 is 18.9 Å². The number of benzene rings is 2. The number of hydrogen-bond acceptors (Lipinski definition) is 6. The number of carbonyl (C=O) groups excluding carboxylic acids is 2. The first-order valence-electron chi connectivity index (χ1n) is 14.7. The van der Waals surface area contributed by atoms with Crippen molar-refractivity contribution in [2.45, 2.75) is 44.4 Å². The van der Waals surface area contributed by atoms with Crippen molar-refractivity contribution in [3.8, 4) is 23.0 Å². The summed E-state index contributed by atoms with van der Waals surface area (Å²) in [6.45, 7) is 3.50. The van der Waals surface area contributed by atoms with Gasteiger partial charge in [0.1, 0.15) is 0 Å². The van der Waals surface area contributed by atoms with Gasteiger partial charge in [-0.15, -0.1) is 0 Å². The van der Waals surface area contributed by atoms with E-state index in [1.54, 1.807) is 0 Å². The second kappa shape index (κ2) is 10.7. The van der Waals surface area contributed by atoms with Gasteiger partial charge in [-0.2, -0.15) is 0 Å². The Kier molecular flexibility index (Phi) is 6.77. The molecule has 5 aliphatic rings. The molecule has 8 heteroatoms. The first-order chi connectivity index (χ1) is 19.7. The Morgan fingerprint density at radius 3 is 1.85 bits per heavy atom. The number of rotatable bonds is 5. The van der Waals surface area contributed by atoms with Gasteiger partial charge in [-0.3, -0.25) is 9.59 Å². The SMILES string of the molecule is O=C(C1C(C=Cc2ccc3c(c2)OCO3)C(c2ccc3c(c2)OCO3)C1C(=O)N1CCCCC1)N1CCCCC1. The van der Waals surface area contributed by atoms with Gasteiger partial charge in [0.25, 0.3) is 0 Å². The molecule has 2 saturated heterocycles. The van der Waals surface area contributed by atoms with Gasteiger partial charge >= 0.3 is 0 Å². The van der Waals surface area contributed by atoms with Crippen molar-refractivity contribution < 1.29 is 28.5 Å². The van der Waals surface area contributed by atoms with Gasteiger partial charge in [0.15, 0.2) is 23.0 Å². The van der Waals surface area contributed by atoms with E-state index in [9.17, 15) is 9.59 Å². The largest absolute Gasteiger partial charge is 0.454 e. The summed E-state index contributed by atoms with van der Waals surface area (Å²) in [4.78, 5) is 32.3. The van der Waals surface area contributed by atoms with Gasteiger partial charge in [0, 0.05) is 32.1 Å². The van der Waals surface area contributed by atoms with Crippen molar-refractivity contribution in [3.63, 3.8) is 0 Å². The molecule has 2 amide bonds. The maximum Gasteiger partial charge on any atom is 0.231 e. The third-order valence-electron chi connectivity index (χ3n) is 9.20. The summed E-state index contributed by atoms with van der Waals surface area (Å²) in [5, 5.41) is 0. The summed E-state index contributed by atoms with van der Waals surface area (Å²) in [6, 6.07) is 11.8. The lowest BCUT2D eigenvalue weighted by atomic mass is 9.53. The number of amides is 2. The smallest absolute Gasteiger partial charge is 0.231 e. The zero-order chi connectivity index (χ0) is 27.1. The summed E-state index contributed by atoms with van der Waals surface area (Å²) >= 11 is 0. The fourth-order valence-electron chi connectivity index (χ4n) is 7.08. The minimum atomic E-state index is -0.403. The molecule has 2 aromatic carbocycles. The second-order valence-corrected chi connectivity index (χ2v) is 11.5. The van der Waals surface area contributed by atoms with Crippen LogP contribution in [0.4, 0.5) is 0 Å². The fraction of sp³-hybridized carbons (Fsp3) is 0.500. The third kappa shape index (κ3) is 4.57. The molecule has 2 aromatic rings. The van der Waals surface area contributed by atoms with Crippen LogP contribution in [0.2, 0.25) is 0 Å². The molecule has 4 heterocycles. The van der Waals surface area contributed by atoms with Crippen LogP contribution in [0.3, 0.4) is 0 Å². The molecule has 210 valence electrons. The maximum atomic E-state index is 14.2. The van der Waals surface area contributed by atoms with E-state index in [0.29, 0.717) is 5.75 Å². The summed E-state index contributed by atoms with van der Waals surface area (Å²) in [5.41, 5.74) is 1.99. The van der Waals surface area contributed by atoms with Gasteiger partial charge in [-0.25, -0.2) is 0 Å². The van der Waals surface area contributed by atoms with Crippen LogP contribution in [0.1, 0.15) is 55.6 Å². The summed E-state index contributed by atoms with van der Waals surface area (Å²) in [6.07, 6.45) is 10.6. The Labute approximate surface area is 234 Å². The molecule has 4 aliphatic heterocycles. The average molecular weight is 545 g/mol. The minimum Gasteiger partial charge on any atom is -0.454 e. The highest BCUT2D eigenvalue weighted by Crippen LogP contribution is 2.56. The Bertz CT molecular complexity index is 1310. The predicted octanol–water partition coefficient (Wildman–Crippen LogP) is 4.83. The first-order valence-corrected chi connectivity index (χ1v) is 14.7. The molecule has 0 radical (unpaired) electrons. The third-order valence-corrected chi connectivity index (χ3v) is 9.20. The number of carbonyl (C=O) groups is 2. The second-order valence-electron chi connectivity index (χ2n) is 11.5. The number of likely N-dealkylation sites (tertiary alicyclic amines) is 2. The number of piperidine rings is 2. The molecule has 4 unspecified atom stereocenters. The van der Waals surface area contributed by atoms with Gasteiger partial charge in [-0.05, 0) is 79.8 Å². The van der Waals surface area contributed by atoms with Crippen LogP contribution in [-0.4, -0.2) is 61.4 Å². The van der Waals surface area contributed by atoms with E-state index in [-0.39, 0.29) is 37.2 Å². The minimum absolute atomic E-state index is 0.116. The zero-order valence-electron chi connectivity index (χ0n) is 22.8. The molecule has 1 aliphatic carbocycles. The normalized spacial score (nSPS) is 27.1. The Morgan fingerprint density at radius 1 is 0.650 bits per heavy atom. The van der Waals surface area contributed by atoms with E-state index in [2.05, 4.69) is 12.2 Å².